The summed E-state index contributed by atoms with van der Waals surface area (Å²) in [5, 5.41) is 8.51. The Morgan fingerprint density at radius 3 is 2.00 bits per heavy atom. The Labute approximate surface area is 165 Å². The van der Waals surface area contributed by atoms with E-state index < -0.39 is 56.6 Å². The summed E-state index contributed by atoms with van der Waals surface area (Å²) < 4.78 is 97.2. The second-order valence-corrected chi connectivity index (χ2v) is 8.17. The van der Waals surface area contributed by atoms with Crippen molar-refractivity contribution in [1.82, 2.24) is 4.72 Å². The number of sulfonamides is 1. The van der Waals surface area contributed by atoms with Crippen LogP contribution in [-0.2, 0) is 14.8 Å². The Morgan fingerprint density at radius 2 is 1.48 bits per heavy atom. The predicted octanol–water partition coefficient (Wildman–Crippen LogP) is 2.92. The van der Waals surface area contributed by atoms with E-state index in [-0.39, 0.29) is 12.3 Å². The van der Waals surface area contributed by atoms with Gasteiger partial charge in [0.05, 0.1) is 0 Å². The number of rotatable bonds is 9. The number of ether oxygens (including phenoxy) is 1. The summed E-state index contributed by atoms with van der Waals surface area (Å²) in [5.74, 6) is -12.9. The van der Waals surface area contributed by atoms with Gasteiger partial charge in [0.1, 0.15) is 5.75 Å². The van der Waals surface area contributed by atoms with E-state index in [2.05, 4.69) is 0 Å². The van der Waals surface area contributed by atoms with Crippen molar-refractivity contribution in [3.05, 3.63) is 53.4 Å². The third-order valence-electron chi connectivity index (χ3n) is 3.29. The highest BCUT2D eigenvalue weighted by Crippen LogP contribution is 2.27. The molecule has 0 unspecified atom stereocenters. The molecular weight excluding hydrogens is 445 g/mol. The van der Waals surface area contributed by atoms with Crippen LogP contribution in [0.5, 0.6) is 5.75 Å². The van der Waals surface area contributed by atoms with Crippen LogP contribution in [0.2, 0.25) is 0 Å². The van der Waals surface area contributed by atoms with Gasteiger partial charge >= 0.3 is 5.97 Å². The van der Waals surface area contributed by atoms with Crippen LogP contribution >= 0.6 is 11.8 Å². The average molecular weight is 457 g/mol. The molecule has 2 rings (SSSR count). The fourth-order valence-electron chi connectivity index (χ4n) is 2.01. The molecule has 0 spiro atoms. The molecule has 0 radical (unpaired) electrons. The Kier molecular flexibility index (Phi) is 7.43. The molecule has 0 aliphatic rings. The maximum Gasteiger partial charge on any atom is 0.341 e. The Hall–Kier alpha value is -2.38. The zero-order valence-corrected chi connectivity index (χ0v) is 15.9. The monoisotopic (exact) mass is 457 g/mol. The number of nitrogens with one attached hydrogen (secondary N) is 1. The number of carboxylic acids is 1. The molecule has 0 aliphatic heterocycles. The van der Waals surface area contributed by atoms with Crippen LogP contribution in [0.4, 0.5) is 22.0 Å². The van der Waals surface area contributed by atoms with Gasteiger partial charge < -0.3 is 9.84 Å². The summed E-state index contributed by atoms with van der Waals surface area (Å²) >= 11 is 1.11. The molecule has 158 valence electrons. The fourth-order valence-corrected chi connectivity index (χ4v) is 4.08. The topological polar surface area (TPSA) is 92.7 Å². The highest BCUT2D eigenvalue weighted by Gasteiger charge is 2.33. The number of benzene rings is 2. The van der Waals surface area contributed by atoms with Crippen molar-refractivity contribution < 1.29 is 45.0 Å². The van der Waals surface area contributed by atoms with Crippen molar-refractivity contribution in [2.45, 2.75) is 9.79 Å². The van der Waals surface area contributed by atoms with E-state index >= 15 is 0 Å². The Bertz CT molecular complexity index is 986. The van der Waals surface area contributed by atoms with E-state index in [0.717, 1.165) is 11.8 Å². The number of carboxylic acid groups (broad SMARTS) is 1. The van der Waals surface area contributed by atoms with E-state index in [1.54, 1.807) is 16.9 Å². The average Bonchev–Trinajstić information content (AvgIpc) is 2.67. The Balaban J connectivity index is 1.98. The number of carbonyl (C=O) groups is 1. The largest absolute Gasteiger partial charge is 0.482 e. The van der Waals surface area contributed by atoms with Gasteiger partial charge in [-0.2, -0.15) is 0 Å². The predicted molar refractivity (Wildman–Crippen MR) is 91.7 cm³/mol. The first-order valence-corrected chi connectivity index (χ1v) is 10.1. The minimum absolute atomic E-state index is 0.0595. The van der Waals surface area contributed by atoms with Gasteiger partial charge in [0.25, 0.3) is 0 Å². The third-order valence-corrected chi connectivity index (χ3v) is 5.78. The molecule has 0 saturated carbocycles. The summed E-state index contributed by atoms with van der Waals surface area (Å²) in [7, 11) is -5.00. The first-order valence-electron chi connectivity index (χ1n) is 7.63. The molecule has 0 saturated heterocycles. The SMILES string of the molecule is O=C(O)COc1ccc(SCCNS(=O)(=O)c2c(F)c(F)c(F)c(F)c2F)cc1. The van der Waals surface area contributed by atoms with Crippen LogP contribution in [0.3, 0.4) is 0 Å². The van der Waals surface area contributed by atoms with Crippen molar-refractivity contribution in [2.75, 3.05) is 18.9 Å². The van der Waals surface area contributed by atoms with Crippen molar-refractivity contribution in [3.8, 4) is 5.75 Å². The highest BCUT2D eigenvalue weighted by atomic mass is 32.2. The molecular formula is C16H12F5NO5S2. The van der Waals surface area contributed by atoms with E-state index in [9.17, 15) is 35.2 Å². The maximum absolute atomic E-state index is 13.6. The number of hydrogen-bond donors (Lipinski definition) is 2. The molecule has 0 bridgehead atoms. The van der Waals surface area contributed by atoms with Gasteiger partial charge in [-0.3, -0.25) is 0 Å². The standard InChI is InChI=1S/C16H12F5NO5S2/c17-11-12(18)14(20)16(15(21)13(11)19)29(25,26)22-5-6-28-9-3-1-8(2-4-9)27-7-10(23)24/h1-4,22H,5-7H2,(H,23,24). The zero-order chi connectivity index (χ0) is 21.8. The number of aliphatic carboxylic acids is 1. The quantitative estimate of drug-likeness (QED) is 0.198. The highest BCUT2D eigenvalue weighted by molar-refractivity contribution is 7.99. The van der Waals surface area contributed by atoms with Crippen LogP contribution < -0.4 is 9.46 Å². The maximum atomic E-state index is 13.6. The van der Waals surface area contributed by atoms with Gasteiger partial charge in [0.15, 0.2) is 34.8 Å². The molecule has 13 heteroatoms. The van der Waals surface area contributed by atoms with Gasteiger partial charge in [0.2, 0.25) is 15.8 Å². The van der Waals surface area contributed by atoms with E-state index in [1.807, 2.05) is 0 Å². The number of halogens is 5. The summed E-state index contributed by atoms with van der Waals surface area (Å²) in [6, 6.07) is 6.06. The smallest absolute Gasteiger partial charge is 0.341 e. The van der Waals surface area contributed by atoms with Crippen LogP contribution in [0.25, 0.3) is 0 Å². The lowest BCUT2D eigenvalue weighted by atomic mass is 10.3. The molecule has 0 aromatic heterocycles. The molecule has 2 aromatic rings. The van der Waals surface area contributed by atoms with E-state index in [0.29, 0.717) is 10.6 Å². The van der Waals surface area contributed by atoms with Gasteiger partial charge in [0, 0.05) is 17.2 Å². The summed E-state index contributed by atoms with van der Waals surface area (Å²) in [5.41, 5.74) is 0. The fraction of sp³-hybridized carbons (Fsp3) is 0.188. The molecule has 2 N–H and O–H groups in total. The minimum Gasteiger partial charge on any atom is -0.482 e. The van der Waals surface area contributed by atoms with Crippen LogP contribution in [0, 0.1) is 29.1 Å². The van der Waals surface area contributed by atoms with Gasteiger partial charge in [-0.1, -0.05) is 0 Å². The molecule has 0 amide bonds. The molecule has 0 heterocycles. The lowest BCUT2D eigenvalue weighted by Gasteiger charge is -2.10. The molecule has 2 aromatic carbocycles. The second kappa shape index (κ2) is 9.41. The summed E-state index contributed by atoms with van der Waals surface area (Å²) in [6.45, 7) is -0.893. The van der Waals surface area contributed by atoms with E-state index in [1.165, 1.54) is 12.1 Å². The van der Waals surface area contributed by atoms with Crippen LogP contribution in [-0.4, -0.2) is 38.4 Å². The molecule has 6 nitrogen and oxygen atoms in total. The lowest BCUT2D eigenvalue weighted by molar-refractivity contribution is -0.139. The van der Waals surface area contributed by atoms with E-state index in [4.69, 9.17) is 9.84 Å². The molecule has 0 aliphatic carbocycles. The number of hydrogen-bond acceptors (Lipinski definition) is 5. The van der Waals surface area contributed by atoms with Gasteiger partial charge in [-0.15, -0.1) is 11.8 Å². The first kappa shape index (κ1) is 22.9. The Morgan fingerprint density at radius 1 is 0.966 bits per heavy atom. The molecule has 29 heavy (non-hydrogen) atoms. The van der Waals surface area contributed by atoms with Crippen LogP contribution in [0.1, 0.15) is 0 Å². The third kappa shape index (κ3) is 5.58. The number of thioether (sulfide) groups is 1. The first-order chi connectivity index (χ1) is 13.5. The van der Waals surface area contributed by atoms with Crippen LogP contribution in [0.15, 0.2) is 34.1 Å². The van der Waals surface area contributed by atoms with Gasteiger partial charge in [-0.25, -0.2) is 39.9 Å². The zero-order valence-electron chi connectivity index (χ0n) is 14.2. The van der Waals surface area contributed by atoms with Crippen molar-refractivity contribution >= 4 is 27.8 Å². The summed E-state index contributed by atoms with van der Waals surface area (Å²) in [4.78, 5) is 9.08. The van der Waals surface area contributed by atoms with Gasteiger partial charge in [-0.05, 0) is 24.3 Å². The van der Waals surface area contributed by atoms with Crippen molar-refractivity contribution in [1.29, 1.82) is 0 Å². The summed E-state index contributed by atoms with van der Waals surface area (Å²) in [6.07, 6.45) is 0. The lowest BCUT2D eigenvalue weighted by Crippen LogP contribution is -2.29. The van der Waals surface area contributed by atoms with Crippen molar-refractivity contribution in [3.63, 3.8) is 0 Å². The molecule has 0 fully saturated rings. The second-order valence-electron chi connectivity index (χ2n) is 5.30. The normalized spacial score (nSPS) is 11.5. The van der Waals surface area contributed by atoms with Crippen molar-refractivity contribution in [2.24, 2.45) is 0 Å². The molecule has 0 atom stereocenters. The minimum atomic E-state index is -5.00.